The van der Waals surface area contributed by atoms with Gasteiger partial charge in [0.15, 0.2) is 0 Å². The monoisotopic (exact) mass is 300 g/mol. The first kappa shape index (κ1) is 15.4. The van der Waals surface area contributed by atoms with E-state index in [9.17, 15) is 14.9 Å². The highest BCUT2D eigenvalue weighted by Crippen LogP contribution is 2.15. The molecule has 1 heterocycles. The van der Waals surface area contributed by atoms with E-state index >= 15 is 0 Å². The van der Waals surface area contributed by atoms with Gasteiger partial charge in [0.1, 0.15) is 0 Å². The molecule has 1 aromatic carbocycles. The summed E-state index contributed by atoms with van der Waals surface area (Å²) < 4.78 is 0. The van der Waals surface area contributed by atoms with Crippen molar-refractivity contribution < 1.29 is 9.72 Å². The number of nitrogens with one attached hydrogen (secondary N) is 2. The van der Waals surface area contributed by atoms with E-state index in [4.69, 9.17) is 0 Å². The van der Waals surface area contributed by atoms with Crippen molar-refractivity contribution in [1.82, 2.24) is 4.98 Å². The van der Waals surface area contributed by atoms with E-state index in [2.05, 4.69) is 15.6 Å². The predicted octanol–water partition coefficient (Wildman–Crippen LogP) is 2.82. The fourth-order valence-corrected chi connectivity index (χ4v) is 1.84. The van der Waals surface area contributed by atoms with Crippen LogP contribution in [0.2, 0.25) is 0 Å². The Morgan fingerprint density at radius 2 is 1.77 bits per heavy atom. The Kier molecular flexibility index (Phi) is 5.42. The Labute approximate surface area is 127 Å². The summed E-state index contributed by atoms with van der Waals surface area (Å²) in [6, 6.07) is 9.64. The maximum Gasteiger partial charge on any atom is 0.269 e. The molecule has 22 heavy (non-hydrogen) atoms. The highest BCUT2D eigenvalue weighted by atomic mass is 16.6. The lowest BCUT2D eigenvalue weighted by molar-refractivity contribution is -0.384. The van der Waals surface area contributed by atoms with E-state index in [0.717, 1.165) is 11.4 Å². The van der Waals surface area contributed by atoms with Crippen LogP contribution in [0, 0.1) is 10.1 Å². The molecule has 0 saturated heterocycles. The Balaban J connectivity index is 1.68. The zero-order chi connectivity index (χ0) is 15.8. The molecular formula is C15H16N4O3. The average molecular weight is 300 g/mol. The zero-order valence-electron chi connectivity index (χ0n) is 11.9. The van der Waals surface area contributed by atoms with Crippen molar-refractivity contribution in [1.29, 1.82) is 0 Å². The molecule has 0 fully saturated rings. The third-order valence-corrected chi connectivity index (χ3v) is 2.95. The van der Waals surface area contributed by atoms with Crippen LogP contribution in [0.4, 0.5) is 17.1 Å². The molecule has 7 nitrogen and oxygen atoms in total. The standard InChI is InChI=1S/C15H16N4O3/c20-15(18-13-7-10-16-11-8-13)2-1-9-17-12-3-5-14(6-4-12)19(21)22/h3-8,10-11,17H,1-2,9H2,(H,16,18,20). The smallest absolute Gasteiger partial charge is 0.269 e. The molecule has 7 heteroatoms. The van der Waals surface area contributed by atoms with Crippen molar-refractivity contribution in [3.8, 4) is 0 Å². The molecule has 0 saturated carbocycles. The van der Waals surface area contributed by atoms with E-state index in [-0.39, 0.29) is 11.6 Å². The van der Waals surface area contributed by atoms with Crippen LogP contribution in [0.3, 0.4) is 0 Å². The first-order chi connectivity index (χ1) is 10.6. The molecule has 2 N–H and O–H groups in total. The summed E-state index contributed by atoms with van der Waals surface area (Å²) in [4.78, 5) is 25.7. The number of amides is 1. The number of nitrogens with zero attached hydrogens (tertiary/aromatic N) is 2. The first-order valence-electron chi connectivity index (χ1n) is 6.83. The zero-order valence-corrected chi connectivity index (χ0v) is 11.9. The summed E-state index contributed by atoms with van der Waals surface area (Å²) in [6.45, 7) is 0.613. The molecule has 0 aliphatic rings. The maximum absolute atomic E-state index is 11.7. The highest BCUT2D eigenvalue weighted by molar-refractivity contribution is 5.90. The van der Waals surface area contributed by atoms with Gasteiger partial charge in [0, 0.05) is 48.9 Å². The topological polar surface area (TPSA) is 97.2 Å². The van der Waals surface area contributed by atoms with Crippen LogP contribution in [0.1, 0.15) is 12.8 Å². The Morgan fingerprint density at radius 1 is 1.09 bits per heavy atom. The predicted molar refractivity (Wildman–Crippen MR) is 83.7 cm³/mol. The number of carbonyl (C=O) groups excluding carboxylic acids is 1. The van der Waals surface area contributed by atoms with Gasteiger partial charge in [-0.1, -0.05) is 0 Å². The lowest BCUT2D eigenvalue weighted by Gasteiger charge is -2.07. The number of carbonyl (C=O) groups is 1. The van der Waals surface area contributed by atoms with Crippen molar-refractivity contribution in [2.45, 2.75) is 12.8 Å². The van der Waals surface area contributed by atoms with E-state index in [1.54, 1.807) is 36.7 Å². The van der Waals surface area contributed by atoms with E-state index < -0.39 is 4.92 Å². The summed E-state index contributed by atoms with van der Waals surface area (Å²) in [7, 11) is 0. The SMILES string of the molecule is O=C(CCCNc1ccc([N+](=O)[O-])cc1)Nc1ccncc1. The minimum absolute atomic E-state index is 0.0577. The number of hydrogen-bond acceptors (Lipinski definition) is 5. The molecule has 2 aromatic rings. The fraction of sp³-hybridized carbons (Fsp3) is 0.200. The largest absolute Gasteiger partial charge is 0.385 e. The molecule has 1 aromatic heterocycles. The van der Waals surface area contributed by atoms with Crippen LogP contribution in [-0.4, -0.2) is 22.4 Å². The lowest BCUT2D eigenvalue weighted by atomic mass is 10.2. The molecule has 0 bridgehead atoms. The molecule has 0 spiro atoms. The van der Waals surface area contributed by atoms with Gasteiger partial charge in [-0.15, -0.1) is 0 Å². The molecule has 0 radical (unpaired) electrons. The Morgan fingerprint density at radius 3 is 2.41 bits per heavy atom. The molecule has 0 unspecified atom stereocenters. The number of nitro benzene ring substituents is 1. The highest BCUT2D eigenvalue weighted by Gasteiger charge is 2.04. The van der Waals surface area contributed by atoms with Crippen LogP contribution >= 0.6 is 0 Å². The van der Waals surface area contributed by atoms with E-state index in [1.807, 2.05) is 0 Å². The number of hydrogen-bond donors (Lipinski definition) is 2. The maximum atomic E-state index is 11.7. The van der Waals surface area contributed by atoms with Crippen molar-refractivity contribution in [3.63, 3.8) is 0 Å². The summed E-state index contributed by atoms with van der Waals surface area (Å²) in [6.07, 6.45) is 4.29. The van der Waals surface area contributed by atoms with Gasteiger partial charge in [-0.3, -0.25) is 19.9 Å². The molecule has 0 atom stereocenters. The fourth-order valence-electron chi connectivity index (χ4n) is 1.84. The van der Waals surface area contributed by atoms with Crippen LogP contribution < -0.4 is 10.6 Å². The lowest BCUT2D eigenvalue weighted by Crippen LogP contribution is -2.13. The van der Waals surface area contributed by atoms with Gasteiger partial charge in [-0.2, -0.15) is 0 Å². The quantitative estimate of drug-likeness (QED) is 0.465. The summed E-state index contributed by atoms with van der Waals surface area (Å²) >= 11 is 0. The summed E-state index contributed by atoms with van der Waals surface area (Å²) in [5, 5.41) is 16.4. The van der Waals surface area contributed by atoms with Gasteiger partial charge in [-0.25, -0.2) is 0 Å². The number of anilines is 2. The van der Waals surface area contributed by atoms with Crippen LogP contribution in [0.5, 0.6) is 0 Å². The van der Waals surface area contributed by atoms with E-state index in [0.29, 0.717) is 19.4 Å². The van der Waals surface area contributed by atoms with Crippen LogP contribution in [0.25, 0.3) is 0 Å². The minimum Gasteiger partial charge on any atom is -0.385 e. The Hall–Kier alpha value is -2.96. The minimum atomic E-state index is -0.437. The third kappa shape index (κ3) is 4.86. The molecule has 1 amide bonds. The average Bonchev–Trinajstić information content (AvgIpc) is 2.53. The van der Waals surface area contributed by atoms with Gasteiger partial charge >= 0.3 is 0 Å². The first-order valence-corrected chi connectivity index (χ1v) is 6.83. The molecule has 0 aliphatic heterocycles. The van der Waals surface area contributed by atoms with Crippen LogP contribution in [0.15, 0.2) is 48.8 Å². The van der Waals surface area contributed by atoms with Gasteiger partial charge < -0.3 is 10.6 Å². The number of benzene rings is 1. The number of nitro groups is 1. The van der Waals surface area contributed by atoms with Crippen molar-refractivity contribution in [2.24, 2.45) is 0 Å². The summed E-state index contributed by atoms with van der Waals surface area (Å²) in [5.41, 5.74) is 1.57. The van der Waals surface area contributed by atoms with Crippen molar-refractivity contribution >= 4 is 23.0 Å². The normalized spacial score (nSPS) is 10.0. The second kappa shape index (κ2) is 7.72. The van der Waals surface area contributed by atoms with Crippen LogP contribution in [-0.2, 0) is 4.79 Å². The number of rotatable bonds is 7. The number of aromatic nitrogens is 1. The van der Waals surface area contributed by atoms with Gasteiger partial charge in [0.05, 0.1) is 4.92 Å². The Bertz CT molecular complexity index is 629. The third-order valence-electron chi connectivity index (χ3n) is 2.95. The van der Waals surface area contributed by atoms with Crippen molar-refractivity contribution in [2.75, 3.05) is 17.2 Å². The van der Waals surface area contributed by atoms with Gasteiger partial charge in [-0.05, 0) is 30.7 Å². The number of non-ortho nitro benzene ring substituents is 1. The van der Waals surface area contributed by atoms with Gasteiger partial charge in [0.25, 0.3) is 5.69 Å². The van der Waals surface area contributed by atoms with Gasteiger partial charge in [0.2, 0.25) is 5.91 Å². The second-order valence-corrected chi connectivity index (χ2v) is 4.62. The molecule has 114 valence electrons. The number of pyridine rings is 1. The second-order valence-electron chi connectivity index (χ2n) is 4.62. The summed E-state index contributed by atoms with van der Waals surface area (Å²) in [5.74, 6) is -0.0586. The van der Waals surface area contributed by atoms with E-state index in [1.165, 1.54) is 12.1 Å². The van der Waals surface area contributed by atoms with Crippen molar-refractivity contribution in [3.05, 3.63) is 58.9 Å². The molecule has 2 rings (SSSR count). The molecular weight excluding hydrogens is 284 g/mol. The molecule has 0 aliphatic carbocycles.